The van der Waals surface area contributed by atoms with Gasteiger partial charge in [-0.25, -0.2) is 15.0 Å². The largest absolute Gasteiger partial charge is 0.356 e. The molecular weight excluding hydrogens is 324 g/mol. The first-order valence-electron chi connectivity index (χ1n) is 9.05. The summed E-state index contributed by atoms with van der Waals surface area (Å²) in [5, 5.41) is 0. The predicted molar refractivity (Wildman–Crippen MR) is 102 cm³/mol. The second-order valence-corrected chi connectivity index (χ2v) is 7.00. The van der Waals surface area contributed by atoms with Gasteiger partial charge in [0, 0.05) is 31.4 Å². The molecule has 0 saturated carbocycles. The predicted octanol–water partition coefficient (Wildman–Crippen LogP) is 3.59. The van der Waals surface area contributed by atoms with Crippen molar-refractivity contribution in [3.05, 3.63) is 54.1 Å². The van der Waals surface area contributed by atoms with E-state index in [1.54, 1.807) is 12.4 Å². The van der Waals surface area contributed by atoms with Gasteiger partial charge in [-0.05, 0) is 49.6 Å². The van der Waals surface area contributed by atoms with Crippen molar-refractivity contribution < 1.29 is 0 Å². The van der Waals surface area contributed by atoms with E-state index in [1.807, 2.05) is 12.1 Å². The fraction of sp³-hybridized carbons (Fsp3) is 0.300. The van der Waals surface area contributed by atoms with E-state index in [0.29, 0.717) is 11.6 Å². The summed E-state index contributed by atoms with van der Waals surface area (Å²) < 4.78 is 0. The van der Waals surface area contributed by atoms with Gasteiger partial charge >= 0.3 is 0 Å². The maximum atomic E-state index is 4.83. The molecule has 1 N–H and O–H groups in total. The average molecular weight is 344 g/mol. The summed E-state index contributed by atoms with van der Waals surface area (Å²) in [6.45, 7) is 4.03. The van der Waals surface area contributed by atoms with Crippen molar-refractivity contribution in [2.75, 3.05) is 18.0 Å². The Labute approximate surface area is 151 Å². The lowest BCUT2D eigenvalue weighted by atomic mass is 9.97. The summed E-state index contributed by atoms with van der Waals surface area (Å²) in [6, 6.07) is 10.4. The molecule has 0 unspecified atom stereocenters. The Kier molecular flexibility index (Phi) is 3.55. The number of rotatable bonds is 2. The van der Waals surface area contributed by atoms with Crippen molar-refractivity contribution in [3.8, 4) is 0 Å². The van der Waals surface area contributed by atoms with Gasteiger partial charge < -0.3 is 9.88 Å². The zero-order valence-electron chi connectivity index (χ0n) is 14.7. The number of fused-ring (bicyclic) bond motifs is 2. The van der Waals surface area contributed by atoms with Gasteiger partial charge in [-0.15, -0.1) is 0 Å². The number of piperidine rings is 1. The van der Waals surface area contributed by atoms with Crippen molar-refractivity contribution in [3.63, 3.8) is 0 Å². The van der Waals surface area contributed by atoms with Crippen LogP contribution < -0.4 is 4.90 Å². The lowest BCUT2D eigenvalue weighted by Crippen LogP contribution is -2.35. The number of benzene rings is 1. The first-order valence-corrected chi connectivity index (χ1v) is 9.05. The number of nitrogens with zero attached hydrogens (tertiary/aromatic N) is 5. The second-order valence-electron chi connectivity index (χ2n) is 7.00. The Balaban J connectivity index is 1.44. The van der Waals surface area contributed by atoms with Gasteiger partial charge in [0.15, 0.2) is 5.65 Å². The van der Waals surface area contributed by atoms with Crippen LogP contribution in [-0.2, 0) is 0 Å². The van der Waals surface area contributed by atoms with Crippen molar-refractivity contribution in [2.45, 2.75) is 25.7 Å². The highest BCUT2D eigenvalue weighted by atomic mass is 15.2. The van der Waals surface area contributed by atoms with Gasteiger partial charge in [0.1, 0.15) is 17.2 Å². The van der Waals surface area contributed by atoms with Crippen molar-refractivity contribution >= 4 is 28.0 Å². The highest BCUT2D eigenvalue weighted by Crippen LogP contribution is 2.29. The first kappa shape index (κ1) is 15.3. The van der Waals surface area contributed by atoms with E-state index in [9.17, 15) is 0 Å². The molecule has 0 bridgehead atoms. The van der Waals surface area contributed by atoms with Gasteiger partial charge in [0.2, 0.25) is 0 Å². The molecule has 1 fully saturated rings. The van der Waals surface area contributed by atoms with Gasteiger partial charge in [-0.3, -0.25) is 4.98 Å². The number of aryl methyl sites for hydroxylation is 1. The summed E-state index contributed by atoms with van der Waals surface area (Å²) in [5.74, 6) is 2.43. The van der Waals surface area contributed by atoms with E-state index >= 15 is 0 Å². The van der Waals surface area contributed by atoms with Crippen LogP contribution in [0.1, 0.15) is 30.1 Å². The van der Waals surface area contributed by atoms with Crippen LogP contribution in [0, 0.1) is 6.92 Å². The average Bonchev–Trinajstić information content (AvgIpc) is 3.11. The Morgan fingerprint density at radius 2 is 1.92 bits per heavy atom. The number of imidazole rings is 1. The molecule has 0 radical (unpaired) electrons. The van der Waals surface area contributed by atoms with E-state index < -0.39 is 0 Å². The molecular formula is C20H20N6. The highest BCUT2D eigenvalue weighted by molar-refractivity contribution is 5.76. The Morgan fingerprint density at radius 3 is 2.88 bits per heavy atom. The second kappa shape index (κ2) is 6.05. The molecule has 0 amide bonds. The minimum absolute atomic E-state index is 0.385. The number of pyridine rings is 1. The molecule has 1 atom stereocenters. The number of aromatic nitrogens is 5. The summed E-state index contributed by atoms with van der Waals surface area (Å²) in [4.78, 5) is 24.0. The van der Waals surface area contributed by atoms with Crippen molar-refractivity contribution in [1.82, 2.24) is 24.9 Å². The molecule has 130 valence electrons. The van der Waals surface area contributed by atoms with Crippen molar-refractivity contribution in [2.24, 2.45) is 0 Å². The summed E-state index contributed by atoms with van der Waals surface area (Å²) in [6.07, 6.45) is 5.65. The summed E-state index contributed by atoms with van der Waals surface area (Å²) in [7, 11) is 0. The van der Waals surface area contributed by atoms with Crippen LogP contribution in [0.2, 0.25) is 0 Å². The Bertz CT molecular complexity index is 1090. The smallest absolute Gasteiger partial charge is 0.180 e. The zero-order valence-corrected chi connectivity index (χ0v) is 14.7. The maximum Gasteiger partial charge on any atom is 0.180 e. The Morgan fingerprint density at radius 1 is 1.04 bits per heavy atom. The summed E-state index contributed by atoms with van der Waals surface area (Å²) in [5.41, 5.74) is 4.95. The molecule has 4 aromatic rings. The van der Waals surface area contributed by atoms with E-state index in [1.165, 1.54) is 5.56 Å². The minimum Gasteiger partial charge on any atom is -0.356 e. The van der Waals surface area contributed by atoms with Crippen LogP contribution in [0.4, 0.5) is 5.82 Å². The molecule has 6 heteroatoms. The van der Waals surface area contributed by atoms with Crippen LogP contribution in [0.25, 0.3) is 22.2 Å². The zero-order chi connectivity index (χ0) is 17.5. The molecule has 1 aliphatic rings. The number of H-pyrrole nitrogens is 1. The van der Waals surface area contributed by atoms with E-state index in [-0.39, 0.29) is 0 Å². The lowest BCUT2D eigenvalue weighted by molar-refractivity contribution is 0.493. The molecule has 3 aromatic heterocycles. The van der Waals surface area contributed by atoms with Gasteiger partial charge in [-0.1, -0.05) is 6.07 Å². The van der Waals surface area contributed by atoms with Crippen LogP contribution in [0.5, 0.6) is 0 Å². The third kappa shape index (κ3) is 2.67. The molecule has 1 saturated heterocycles. The number of hydrogen-bond donors (Lipinski definition) is 1. The minimum atomic E-state index is 0.385. The Hall–Kier alpha value is -3.02. The third-order valence-corrected chi connectivity index (χ3v) is 5.10. The first-order chi connectivity index (χ1) is 12.8. The number of nitrogens with one attached hydrogen (secondary N) is 1. The van der Waals surface area contributed by atoms with Crippen molar-refractivity contribution in [1.29, 1.82) is 0 Å². The van der Waals surface area contributed by atoms with Crippen LogP contribution in [0.15, 0.2) is 42.7 Å². The topological polar surface area (TPSA) is 70.6 Å². The fourth-order valence-corrected chi connectivity index (χ4v) is 3.77. The van der Waals surface area contributed by atoms with E-state index in [2.05, 4.69) is 45.0 Å². The fourth-order valence-electron chi connectivity index (χ4n) is 3.77. The van der Waals surface area contributed by atoms with Gasteiger partial charge in [0.25, 0.3) is 0 Å². The number of anilines is 1. The van der Waals surface area contributed by atoms with Crippen LogP contribution in [-0.4, -0.2) is 38.0 Å². The number of aromatic amines is 1. The maximum absolute atomic E-state index is 4.83. The van der Waals surface area contributed by atoms with Crippen LogP contribution >= 0.6 is 0 Å². The monoisotopic (exact) mass is 344 g/mol. The van der Waals surface area contributed by atoms with E-state index in [4.69, 9.17) is 9.97 Å². The molecule has 0 spiro atoms. The summed E-state index contributed by atoms with van der Waals surface area (Å²) >= 11 is 0. The molecule has 26 heavy (non-hydrogen) atoms. The van der Waals surface area contributed by atoms with E-state index in [0.717, 1.165) is 54.1 Å². The lowest BCUT2D eigenvalue weighted by Gasteiger charge is -2.32. The molecule has 0 aliphatic carbocycles. The quantitative estimate of drug-likeness (QED) is 0.602. The molecule has 1 aliphatic heterocycles. The van der Waals surface area contributed by atoms with Gasteiger partial charge in [0.05, 0.1) is 11.0 Å². The molecule has 5 rings (SSSR count). The van der Waals surface area contributed by atoms with Crippen LogP contribution in [0.3, 0.4) is 0 Å². The third-order valence-electron chi connectivity index (χ3n) is 5.10. The normalized spacial score (nSPS) is 17.9. The standard InChI is InChI=1S/C20H20N6/c1-13-4-5-15-17(11-13)24-19(23-15)14-3-2-10-26(12-14)18-7-6-16-20(25-18)22-9-8-21-16/h4-9,11,14H,2-3,10,12H2,1H3,(H,23,24)/t14-/m1/s1. The molecule has 1 aromatic carbocycles. The SMILES string of the molecule is Cc1ccc2nc([C@@H]3CCCN(c4ccc5nccnc5n4)C3)[nH]c2c1. The van der Waals surface area contributed by atoms with Gasteiger partial charge in [-0.2, -0.15) is 0 Å². The molecule has 6 nitrogen and oxygen atoms in total. The molecule has 4 heterocycles. The number of hydrogen-bond acceptors (Lipinski definition) is 5. The highest BCUT2D eigenvalue weighted by Gasteiger charge is 2.25.